The fourth-order valence-corrected chi connectivity index (χ4v) is 2.21. The molecule has 0 spiro atoms. The van der Waals surface area contributed by atoms with Gasteiger partial charge in [0, 0.05) is 7.05 Å². The Kier molecular flexibility index (Phi) is 7.67. The highest BCUT2D eigenvalue weighted by molar-refractivity contribution is 7.99. The fraction of sp³-hybridized carbons (Fsp3) is 0.583. The largest absolute Gasteiger partial charge is 0.466 e. The van der Waals surface area contributed by atoms with Crippen LogP contribution in [-0.2, 0) is 27.8 Å². The van der Waals surface area contributed by atoms with Crippen LogP contribution in [0.15, 0.2) is 5.16 Å². The molecule has 1 aromatic rings. The van der Waals surface area contributed by atoms with Gasteiger partial charge in [0.2, 0.25) is 5.91 Å². The SMILES string of the molecule is CCOC(=O)Cc1nnc(SCC(=O)NC(=O)NCC(F)(F)F)n1C. The number of aromatic nitrogens is 3. The van der Waals surface area contributed by atoms with Crippen molar-refractivity contribution in [2.45, 2.75) is 24.7 Å². The summed E-state index contributed by atoms with van der Waals surface area (Å²) >= 11 is 0.905. The number of rotatable bonds is 7. The summed E-state index contributed by atoms with van der Waals surface area (Å²) in [7, 11) is 1.57. The summed E-state index contributed by atoms with van der Waals surface area (Å²) in [6, 6.07) is -1.25. The summed E-state index contributed by atoms with van der Waals surface area (Å²) in [5.41, 5.74) is 0. The van der Waals surface area contributed by atoms with Crippen LogP contribution in [0.25, 0.3) is 0 Å². The smallest absolute Gasteiger partial charge is 0.405 e. The Morgan fingerprint density at radius 1 is 1.28 bits per heavy atom. The minimum absolute atomic E-state index is 0.0933. The molecule has 1 heterocycles. The maximum Gasteiger partial charge on any atom is 0.405 e. The van der Waals surface area contributed by atoms with E-state index in [4.69, 9.17) is 4.74 Å². The highest BCUT2D eigenvalue weighted by Gasteiger charge is 2.28. The fourth-order valence-electron chi connectivity index (χ4n) is 1.48. The van der Waals surface area contributed by atoms with E-state index in [0.29, 0.717) is 11.0 Å². The molecule has 0 atom stereocenters. The molecule has 1 aromatic heterocycles. The van der Waals surface area contributed by atoms with Crippen LogP contribution in [0.4, 0.5) is 18.0 Å². The summed E-state index contributed by atoms with van der Waals surface area (Å²) < 4.78 is 42.0. The first-order valence-corrected chi connectivity index (χ1v) is 7.92. The summed E-state index contributed by atoms with van der Waals surface area (Å²) in [6.45, 7) is 0.355. The third-order valence-corrected chi connectivity index (χ3v) is 3.59. The van der Waals surface area contributed by atoms with Gasteiger partial charge in [-0.1, -0.05) is 11.8 Å². The van der Waals surface area contributed by atoms with E-state index in [1.807, 2.05) is 0 Å². The number of thioether (sulfide) groups is 1. The molecule has 9 nitrogen and oxygen atoms in total. The number of nitrogens with one attached hydrogen (secondary N) is 2. The monoisotopic (exact) mass is 383 g/mol. The quantitative estimate of drug-likeness (QED) is 0.517. The molecule has 0 aliphatic rings. The maximum atomic E-state index is 11.9. The number of ether oxygens (including phenoxy) is 1. The molecule has 0 aliphatic carbocycles. The van der Waals surface area contributed by atoms with Gasteiger partial charge in [0.05, 0.1) is 12.4 Å². The van der Waals surface area contributed by atoms with Crippen molar-refractivity contribution in [3.63, 3.8) is 0 Å². The van der Waals surface area contributed by atoms with Crippen LogP contribution >= 0.6 is 11.8 Å². The molecule has 0 unspecified atom stereocenters. The predicted molar refractivity (Wildman–Crippen MR) is 79.7 cm³/mol. The van der Waals surface area contributed by atoms with Crippen molar-refractivity contribution in [3.05, 3.63) is 5.82 Å². The zero-order valence-electron chi connectivity index (χ0n) is 13.3. The highest BCUT2D eigenvalue weighted by Crippen LogP contribution is 2.15. The Bertz CT molecular complexity index is 635. The Labute approximate surface area is 144 Å². The first kappa shape index (κ1) is 20.7. The van der Waals surface area contributed by atoms with Gasteiger partial charge in [0.15, 0.2) is 5.16 Å². The highest BCUT2D eigenvalue weighted by atomic mass is 32.2. The number of amides is 3. The number of halogens is 3. The average Bonchev–Trinajstić information content (AvgIpc) is 2.83. The van der Waals surface area contributed by atoms with Crippen LogP contribution in [0.5, 0.6) is 0 Å². The molecule has 0 bridgehead atoms. The predicted octanol–water partition coefficient (Wildman–Crippen LogP) is 0.401. The van der Waals surface area contributed by atoms with E-state index in [0.717, 1.165) is 11.8 Å². The zero-order valence-corrected chi connectivity index (χ0v) is 14.2. The van der Waals surface area contributed by atoms with Crippen molar-refractivity contribution < 1.29 is 32.3 Å². The van der Waals surface area contributed by atoms with E-state index >= 15 is 0 Å². The first-order valence-electron chi connectivity index (χ1n) is 6.93. The Hall–Kier alpha value is -2.31. The molecule has 0 fully saturated rings. The van der Waals surface area contributed by atoms with E-state index in [-0.39, 0.29) is 18.8 Å². The van der Waals surface area contributed by atoms with E-state index in [1.165, 1.54) is 9.88 Å². The molecular weight excluding hydrogens is 367 g/mol. The van der Waals surface area contributed by atoms with Gasteiger partial charge in [-0.05, 0) is 6.92 Å². The number of urea groups is 1. The third-order valence-electron chi connectivity index (χ3n) is 2.57. The van der Waals surface area contributed by atoms with Crippen molar-refractivity contribution in [2.24, 2.45) is 7.05 Å². The Balaban J connectivity index is 2.45. The Morgan fingerprint density at radius 3 is 2.56 bits per heavy atom. The number of esters is 1. The standard InChI is InChI=1S/C12H16F3N5O4S/c1-3-24-9(22)4-7-18-19-11(20(7)2)25-5-8(21)17-10(23)16-6-12(13,14)15/h3-6H2,1-2H3,(H2,16,17,21,23). The molecule has 1 rings (SSSR count). The van der Waals surface area contributed by atoms with Gasteiger partial charge in [0.1, 0.15) is 18.8 Å². The van der Waals surface area contributed by atoms with E-state index in [1.54, 1.807) is 19.3 Å². The third kappa shape index (κ3) is 7.87. The van der Waals surface area contributed by atoms with Crippen LogP contribution < -0.4 is 10.6 Å². The summed E-state index contributed by atoms with van der Waals surface area (Å²) in [5, 5.41) is 11.1. The van der Waals surface area contributed by atoms with Gasteiger partial charge in [0.25, 0.3) is 0 Å². The average molecular weight is 383 g/mol. The van der Waals surface area contributed by atoms with Gasteiger partial charge >= 0.3 is 18.2 Å². The molecule has 13 heteroatoms. The minimum atomic E-state index is -4.57. The van der Waals surface area contributed by atoms with Gasteiger partial charge in [-0.15, -0.1) is 10.2 Å². The first-order chi connectivity index (χ1) is 11.6. The van der Waals surface area contributed by atoms with Crippen molar-refractivity contribution in [1.29, 1.82) is 0 Å². The number of nitrogens with zero attached hydrogens (tertiary/aromatic N) is 3. The van der Waals surface area contributed by atoms with Crippen LogP contribution in [0.3, 0.4) is 0 Å². The van der Waals surface area contributed by atoms with E-state index < -0.39 is 30.6 Å². The summed E-state index contributed by atoms with van der Waals surface area (Å²) in [6.07, 6.45) is -4.66. The lowest BCUT2D eigenvalue weighted by molar-refractivity contribution is -0.142. The van der Waals surface area contributed by atoms with Crippen molar-refractivity contribution in [2.75, 3.05) is 18.9 Å². The zero-order chi connectivity index (χ0) is 19.0. The van der Waals surface area contributed by atoms with E-state index in [2.05, 4.69) is 10.2 Å². The number of alkyl halides is 3. The topological polar surface area (TPSA) is 115 Å². The van der Waals surface area contributed by atoms with Crippen LogP contribution in [0.2, 0.25) is 0 Å². The van der Waals surface area contributed by atoms with Crippen LogP contribution in [-0.4, -0.2) is 57.8 Å². The molecular formula is C12H16F3N5O4S. The molecule has 0 saturated heterocycles. The van der Waals surface area contributed by atoms with Crippen LogP contribution in [0.1, 0.15) is 12.7 Å². The molecule has 3 amide bonds. The number of imide groups is 1. The van der Waals surface area contributed by atoms with Crippen molar-refractivity contribution in [1.82, 2.24) is 25.4 Å². The minimum Gasteiger partial charge on any atom is -0.466 e. The Morgan fingerprint density at radius 2 is 1.96 bits per heavy atom. The second kappa shape index (κ2) is 9.25. The molecule has 0 aliphatic heterocycles. The molecule has 0 aromatic carbocycles. The maximum absolute atomic E-state index is 11.9. The lowest BCUT2D eigenvalue weighted by Gasteiger charge is -2.08. The van der Waals surface area contributed by atoms with Crippen molar-refractivity contribution >= 4 is 29.7 Å². The second-order valence-electron chi connectivity index (χ2n) is 4.57. The number of hydrogen-bond acceptors (Lipinski definition) is 7. The second-order valence-corrected chi connectivity index (χ2v) is 5.52. The van der Waals surface area contributed by atoms with Crippen molar-refractivity contribution in [3.8, 4) is 0 Å². The van der Waals surface area contributed by atoms with Gasteiger partial charge in [-0.3, -0.25) is 14.9 Å². The molecule has 2 N–H and O–H groups in total. The lowest BCUT2D eigenvalue weighted by Crippen LogP contribution is -2.43. The molecule has 25 heavy (non-hydrogen) atoms. The van der Waals surface area contributed by atoms with Crippen LogP contribution in [0, 0.1) is 0 Å². The van der Waals surface area contributed by atoms with Gasteiger partial charge < -0.3 is 14.6 Å². The lowest BCUT2D eigenvalue weighted by atomic mass is 10.4. The van der Waals surface area contributed by atoms with E-state index in [9.17, 15) is 27.6 Å². The summed E-state index contributed by atoms with van der Waals surface area (Å²) in [5.74, 6) is -1.23. The van der Waals surface area contributed by atoms with Gasteiger partial charge in [-0.2, -0.15) is 13.2 Å². The normalized spacial score (nSPS) is 11.1. The molecule has 140 valence electrons. The van der Waals surface area contributed by atoms with Gasteiger partial charge in [-0.25, -0.2) is 4.79 Å². The summed E-state index contributed by atoms with van der Waals surface area (Å²) in [4.78, 5) is 34.0. The number of carbonyl (C=O) groups is 3. The number of hydrogen-bond donors (Lipinski definition) is 2. The molecule has 0 radical (unpaired) electrons. The number of carbonyl (C=O) groups excluding carboxylic acids is 3. The molecule has 0 saturated carbocycles.